The first-order valence-electron chi connectivity index (χ1n) is 9.75. The normalized spacial score (nSPS) is 12.0. The van der Waals surface area contributed by atoms with Gasteiger partial charge in [-0.15, -0.1) is 5.10 Å². The van der Waals surface area contributed by atoms with Crippen molar-refractivity contribution in [3.63, 3.8) is 0 Å². The molecule has 2 aromatic heterocycles. The summed E-state index contributed by atoms with van der Waals surface area (Å²) in [6, 6.07) is 8.15. The third kappa shape index (κ3) is 4.53. The first kappa shape index (κ1) is 21.2. The van der Waals surface area contributed by atoms with Crippen LogP contribution in [0.3, 0.4) is 0 Å². The molecule has 3 rings (SSSR count). The van der Waals surface area contributed by atoms with Gasteiger partial charge in [-0.05, 0) is 46.6 Å². The van der Waals surface area contributed by atoms with Crippen LogP contribution in [-0.2, 0) is 6.42 Å². The Morgan fingerprint density at radius 2 is 1.90 bits per heavy atom. The van der Waals surface area contributed by atoms with E-state index in [2.05, 4.69) is 61.8 Å². The van der Waals surface area contributed by atoms with E-state index in [0.29, 0.717) is 17.3 Å². The van der Waals surface area contributed by atoms with Crippen LogP contribution in [0.2, 0.25) is 0 Å². The zero-order chi connectivity index (χ0) is 21.8. The molecule has 158 valence electrons. The van der Waals surface area contributed by atoms with E-state index in [-0.39, 0.29) is 23.2 Å². The summed E-state index contributed by atoms with van der Waals surface area (Å²) in [5.41, 5.74) is 11.8. The van der Waals surface area contributed by atoms with Crippen molar-refractivity contribution in [1.29, 1.82) is 0 Å². The van der Waals surface area contributed by atoms with Crippen LogP contribution in [0.15, 0.2) is 34.0 Å². The third-order valence-electron chi connectivity index (χ3n) is 4.50. The Balaban J connectivity index is 1.79. The molecule has 2 heterocycles. The number of nitrogens with two attached hydrogens (primary N) is 1. The highest BCUT2D eigenvalue weighted by Gasteiger charge is 2.25. The number of benzene rings is 1. The lowest BCUT2D eigenvalue weighted by molar-refractivity contribution is 0.0948. The van der Waals surface area contributed by atoms with Crippen molar-refractivity contribution >= 4 is 17.4 Å². The van der Waals surface area contributed by atoms with Gasteiger partial charge in [0.05, 0.1) is 11.4 Å². The molecule has 0 atom stereocenters. The number of nitrogens with zero attached hydrogens (tertiary/aromatic N) is 6. The summed E-state index contributed by atoms with van der Waals surface area (Å²) in [4.78, 5) is 12.7. The number of hydrazone groups is 1. The number of anilines is 1. The highest BCUT2D eigenvalue weighted by Crippen LogP contribution is 2.22. The molecule has 0 spiro atoms. The minimum Gasteiger partial charge on any atom is -0.378 e. The maximum absolute atomic E-state index is 12.7. The van der Waals surface area contributed by atoms with Crippen molar-refractivity contribution in [2.75, 3.05) is 5.73 Å². The van der Waals surface area contributed by atoms with E-state index in [0.717, 1.165) is 12.0 Å². The molecule has 0 aliphatic rings. The zero-order valence-corrected chi connectivity index (χ0v) is 17.7. The molecule has 0 aliphatic heterocycles. The SMILES string of the molecule is C/C(=N/NC(=O)c1nnn(-c2nonc2N)c1C(C)C)c1ccc(CC(C)C)cc1. The van der Waals surface area contributed by atoms with Crippen LogP contribution < -0.4 is 11.2 Å². The number of hydrogen-bond donors (Lipinski definition) is 2. The van der Waals surface area contributed by atoms with Gasteiger partial charge in [0.25, 0.3) is 5.91 Å². The van der Waals surface area contributed by atoms with Crippen LogP contribution in [0.4, 0.5) is 5.82 Å². The van der Waals surface area contributed by atoms with Gasteiger partial charge in [0, 0.05) is 0 Å². The van der Waals surface area contributed by atoms with Crippen LogP contribution in [0, 0.1) is 5.92 Å². The van der Waals surface area contributed by atoms with E-state index in [1.54, 1.807) is 0 Å². The predicted molar refractivity (Wildman–Crippen MR) is 112 cm³/mol. The zero-order valence-electron chi connectivity index (χ0n) is 17.7. The topological polar surface area (TPSA) is 137 Å². The van der Waals surface area contributed by atoms with Gasteiger partial charge in [-0.1, -0.05) is 57.2 Å². The van der Waals surface area contributed by atoms with E-state index < -0.39 is 5.91 Å². The molecule has 0 saturated carbocycles. The van der Waals surface area contributed by atoms with Gasteiger partial charge in [-0.25, -0.2) is 10.1 Å². The number of carbonyl (C=O) groups excluding carboxylic acids is 1. The summed E-state index contributed by atoms with van der Waals surface area (Å²) in [5.74, 6) is 0.276. The number of amides is 1. The molecular formula is C20H26N8O2. The van der Waals surface area contributed by atoms with Gasteiger partial charge < -0.3 is 5.73 Å². The highest BCUT2D eigenvalue weighted by atomic mass is 16.6. The van der Waals surface area contributed by atoms with Gasteiger partial charge in [0.15, 0.2) is 5.69 Å². The van der Waals surface area contributed by atoms with Crippen molar-refractivity contribution in [1.82, 2.24) is 30.7 Å². The van der Waals surface area contributed by atoms with E-state index in [4.69, 9.17) is 5.73 Å². The first-order chi connectivity index (χ1) is 14.3. The van der Waals surface area contributed by atoms with Crippen molar-refractivity contribution in [2.24, 2.45) is 11.0 Å². The maximum Gasteiger partial charge on any atom is 0.293 e. The fourth-order valence-corrected chi connectivity index (χ4v) is 3.07. The molecule has 0 radical (unpaired) electrons. The first-order valence-corrected chi connectivity index (χ1v) is 9.75. The average molecular weight is 410 g/mol. The summed E-state index contributed by atoms with van der Waals surface area (Å²) in [6.45, 7) is 10.0. The Morgan fingerprint density at radius 1 is 1.20 bits per heavy atom. The van der Waals surface area contributed by atoms with Crippen LogP contribution in [0.1, 0.15) is 67.8 Å². The molecule has 0 bridgehead atoms. The van der Waals surface area contributed by atoms with Gasteiger partial charge in [-0.3, -0.25) is 4.79 Å². The van der Waals surface area contributed by atoms with E-state index in [1.807, 2.05) is 32.9 Å². The standard InChI is InChI=1S/C20H26N8O2/c1-11(2)10-14-6-8-15(9-7-14)13(5)22-24-20(29)16-17(12(3)4)28(27-23-16)19-18(21)25-30-26-19/h6-9,11-12H,10H2,1-5H3,(H2,21,25)(H,24,29)/b22-13-. The minimum atomic E-state index is -0.476. The van der Waals surface area contributed by atoms with Gasteiger partial charge >= 0.3 is 0 Å². The molecule has 1 amide bonds. The smallest absolute Gasteiger partial charge is 0.293 e. The third-order valence-corrected chi connectivity index (χ3v) is 4.50. The van der Waals surface area contributed by atoms with Gasteiger partial charge in [0.2, 0.25) is 11.6 Å². The molecule has 10 nitrogen and oxygen atoms in total. The van der Waals surface area contributed by atoms with Crippen LogP contribution in [0.5, 0.6) is 0 Å². The summed E-state index contributed by atoms with van der Waals surface area (Å²) < 4.78 is 5.98. The van der Waals surface area contributed by atoms with Crippen LogP contribution >= 0.6 is 0 Å². The van der Waals surface area contributed by atoms with Gasteiger partial charge in [0.1, 0.15) is 0 Å². The van der Waals surface area contributed by atoms with Gasteiger partial charge in [-0.2, -0.15) is 9.78 Å². The Labute approximate surface area is 174 Å². The molecule has 1 aromatic carbocycles. The highest BCUT2D eigenvalue weighted by molar-refractivity contribution is 6.00. The number of aromatic nitrogens is 5. The largest absolute Gasteiger partial charge is 0.378 e. The lowest BCUT2D eigenvalue weighted by Crippen LogP contribution is -2.22. The molecule has 3 aromatic rings. The molecule has 0 fully saturated rings. The monoisotopic (exact) mass is 410 g/mol. The number of nitrogens with one attached hydrogen (secondary N) is 1. The molecule has 30 heavy (non-hydrogen) atoms. The molecule has 0 unspecified atom stereocenters. The average Bonchev–Trinajstić information content (AvgIpc) is 3.31. The second-order valence-corrected chi connectivity index (χ2v) is 7.80. The number of nitrogen functional groups attached to an aromatic ring is 1. The van der Waals surface area contributed by atoms with Crippen LogP contribution in [-0.4, -0.2) is 36.9 Å². The lowest BCUT2D eigenvalue weighted by atomic mass is 10.0. The number of hydrogen-bond acceptors (Lipinski definition) is 8. The van der Waals surface area contributed by atoms with E-state index >= 15 is 0 Å². The maximum atomic E-state index is 12.7. The Hall–Kier alpha value is -3.56. The second kappa shape index (κ2) is 8.85. The molecule has 0 saturated heterocycles. The number of rotatable bonds is 7. The molecule has 3 N–H and O–H groups in total. The minimum absolute atomic E-state index is 0.0588. The molecular weight excluding hydrogens is 384 g/mol. The second-order valence-electron chi connectivity index (χ2n) is 7.80. The molecule has 10 heteroatoms. The van der Waals surface area contributed by atoms with E-state index in [1.165, 1.54) is 10.2 Å². The summed E-state index contributed by atoms with van der Waals surface area (Å²) >= 11 is 0. The summed E-state index contributed by atoms with van der Waals surface area (Å²) in [6.07, 6.45) is 1.02. The quantitative estimate of drug-likeness (QED) is 0.451. The Kier molecular flexibility index (Phi) is 6.24. The predicted octanol–water partition coefficient (Wildman–Crippen LogP) is 2.71. The Bertz CT molecular complexity index is 1050. The van der Waals surface area contributed by atoms with Crippen molar-refractivity contribution < 1.29 is 9.42 Å². The Morgan fingerprint density at radius 3 is 2.47 bits per heavy atom. The summed E-state index contributed by atoms with van der Waals surface area (Å²) in [7, 11) is 0. The fraction of sp³-hybridized carbons (Fsp3) is 0.400. The fourth-order valence-electron chi connectivity index (χ4n) is 3.07. The van der Waals surface area contributed by atoms with E-state index in [9.17, 15) is 4.79 Å². The van der Waals surface area contributed by atoms with Crippen molar-refractivity contribution in [3.8, 4) is 5.82 Å². The molecule has 0 aliphatic carbocycles. The summed E-state index contributed by atoms with van der Waals surface area (Å²) in [5, 5.41) is 19.5. The van der Waals surface area contributed by atoms with Crippen molar-refractivity contribution in [2.45, 2.75) is 47.0 Å². The number of carbonyl (C=O) groups is 1. The van der Waals surface area contributed by atoms with Crippen LogP contribution in [0.25, 0.3) is 5.82 Å². The lowest BCUT2D eigenvalue weighted by Gasteiger charge is -2.09. The van der Waals surface area contributed by atoms with Crippen molar-refractivity contribution in [3.05, 3.63) is 46.8 Å².